The molecule has 0 aromatic rings. The molecule has 0 spiro atoms. The summed E-state index contributed by atoms with van der Waals surface area (Å²) >= 11 is 0. The van der Waals surface area contributed by atoms with Crippen LogP contribution in [0.15, 0.2) is 0 Å². The van der Waals surface area contributed by atoms with E-state index in [-0.39, 0.29) is 24.4 Å². The third-order valence-electron chi connectivity index (χ3n) is 2.66. The van der Waals surface area contributed by atoms with E-state index in [1.807, 2.05) is 0 Å². The monoisotopic (exact) mass is 243 g/mol. The van der Waals surface area contributed by atoms with Crippen molar-refractivity contribution in [1.29, 1.82) is 0 Å². The van der Waals surface area contributed by atoms with Gasteiger partial charge >= 0.3 is 6.09 Å². The normalized spacial score (nSPS) is 16.4. The lowest BCUT2D eigenvalue weighted by molar-refractivity contribution is -0.133. The molecule has 3 amide bonds. The molecule has 0 unspecified atom stereocenters. The number of carboxylic acid groups (broad SMARTS) is 1. The average molecular weight is 243 g/mol. The first kappa shape index (κ1) is 13.3. The van der Waals surface area contributed by atoms with Crippen molar-refractivity contribution in [3.63, 3.8) is 0 Å². The highest BCUT2D eigenvalue weighted by Crippen LogP contribution is 2.10. The van der Waals surface area contributed by atoms with Crippen molar-refractivity contribution < 1.29 is 19.5 Å². The number of carbonyl (C=O) groups excluding carboxylic acids is 2. The van der Waals surface area contributed by atoms with Crippen LogP contribution in [0.5, 0.6) is 0 Å². The van der Waals surface area contributed by atoms with Gasteiger partial charge in [-0.2, -0.15) is 0 Å². The quantitative estimate of drug-likeness (QED) is 0.615. The zero-order valence-electron chi connectivity index (χ0n) is 9.73. The molecule has 0 atom stereocenters. The standard InChI is InChI=1S/C10H17N3O4/c1-7(14)11-6-9(15)13-4-2-8(3-5-13)12-10(16)17/h8,12H,2-6H2,1H3,(H,11,14)(H,16,17). The van der Waals surface area contributed by atoms with Crippen LogP contribution >= 0.6 is 0 Å². The van der Waals surface area contributed by atoms with Crippen molar-refractivity contribution in [3.05, 3.63) is 0 Å². The maximum atomic E-state index is 11.6. The van der Waals surface area contributed by atoms with Crippen LogP contribution in [0, 0.1) is 0 Å². The number of amides is 3. The van der Waals surface area contributed by atoms with Gasteiger partial charge in [0.15, 0.2) is 0 Å². The van der Waals surface area contributed by atoms with Crippen molar-refractivity contribution >= 4 is 17.9 Å². The fourth-order valence-electron chi connectivity index (χ4n) is 1.76. The summed E-state index contributed by atoms with van der Waals surface area (Å²) < 4.78 is 0. The van der Waals surface area contributed by atoms with E-state index in [1.165, 1.54) is 6.92 Å². The molecular weight excluding hydrogens is 226 g/mol. The number of hydrogen-bond acceptors (Lipinski definition) is 3. The molecule has 0 bridgehead atoms. The first-order chi connectivity index (χ1) is 7.99. The molecule has 1 aliphatic heterocycles. The Balaban J connectivity index is 2.28. The van der Waals surface area contributed by atoms with Crippen LogP contribution in [0.4, 0.5) is 4.79 Å². The number of rotatable bonds is 3. The van der Waals surface area contributed by atoms with Crippen LogP contribution in [0.25, 0.3) is 0 Å². The Morgan fingerprint density at radius 2 is 1.88 bits per heavy atom. The Hall–Kier alpha value is -1.79. The van der Waals surface area contributed by atoms with Gasteiger partial charge < -0.3 is 20.6 Å². The molecule has 0 saturated carbocycles. The molecule has 1 saturated heterocycles. The lowest BCUT2D eigenvalue weighted by Crippen LogP contribution is -2.48. The van der Waals surface area contributed by atoms with Gasteiger partial charge in [-0.05, 0) is 12.8 Å². The van der Waals surface area contributed by atoms with Crippen molar-refractivity contribution in [2.45, 2.75) is 25.8 Å². The first-order valence-electron chi connectivity index (χ1n) is 5.50. The highest BCUT2D eigenvalue weighted by Gasteiger charge is 2.23. The minimum Gasteiger partial charge on any atom is -0.465 e. The summed E-state index contributed by atoms with van der Waals surface area (Å²) in [6, 6.07) is -0.0858. The van der Waals surface area contributed by atoms with Crippen LogP contribution in [0.1, 0.15) is 19.8 Å². The Bertz CT molecular complexity index is 311. The number of hydrogen-bond donors (Lipinski definition) is 3. The van der Waals surface area contributed by atoms with Gasteiger partial charge in [0.2, 0.25) is 11.8 Å². The zero-order chi connectivity index (χ0) is 12.8. The molecule has 7 nitrogen and oxygen atoms in total. The minimum absolute atomic E-state index is 0.00631. The van der Waals surface area contributed by atoms with Gasteiger partial charge in [-0.1, -0.05) is 0 Å². The van der Waals surface area contributed by atoms with Crippen molar-refractivity contribution in [1.82, 2.24) is 15.5 Å². The summed E-state index contributed by atoms with van der Waals surface area (Å²) in [5.41, 5.74) is 0. The molecule has 17 heavy (non-hydrogen) atoms. The van der Waals surface area contributed by atoms with E-state index < -0.39 is 6.09 Å². The van der Waals surface area contributed by atoms with E-state index in [2.05, 4.69) is 10.6 Å². The van der Waals surface area contributed by atoms with E-state index in [0.717, 1.165) is 0 Å². The van der Waals surface area contributed by atoms with Gasteiger partial charge in [0, 0.05) is 26.1 Å². The first-order valence-corrected chi connectivity index (χ1v) is 5.50. The molecule has 96 valence electrons. The van der Waals surface area contributed by atoms with Gasteiger partial charge in [-0.15, -0.1) is 0 Å². The Morgan fingerprint density at radius 3 is 2.35 bits per heavy atom. The molecule has 0 aromatic heterocycles. The summed E-state index contributed by atoms with van der Waals surface area (Å²) in [4.78, 5) is 34.3. The molecule has 0 radical (unpaired) electrons. The van der Waals surface area contributed by atoms with Gasteiger partial charge in [0.1, 0.15) is 0 Å². The van der Waals surface area contributed by atoms with Gasteiger partial charge in [0.05, 0.1) is 6.54 Å². The van der Waals surface area contributed by atoms with E-state index in [0.29, 0.717) is 25.9 Å². The van der Waals surface area contributed by atoms with Gasteiger partial charge in [-0.3, -0.25) is 9.59 Å². The van der Waals surface area contributed by atoms with E-state index in [9.17, 15) is 14.4 Å². The predicted molar refractivity (Wildman–Crippen MR) is 59.4 cm³/mol. The molecule has 3 N–H and O–H groups in total. The summed E-state index contributed by atoms with van der Waals surface area (Å²) in [5, 5.41) is 13.4. The second-order valence-electron chi connectivity index (χ2n) is 4.01. The van der Waals surface area contributed by atoms with Crippen molar-refractivity contribution in [3.8, 4) is 0 Å². The number of likely N-dealkylation sites (tertiary alicyclic amines) is 1. The molecule has 1 fully saturated rings. The maximum Gasteiger partial charge on any atom is 0.404 e. The lowest BCUT2D eigenvalue weighted by Gasteiger charge is -2.31. The summed E-state index contributed by atoms with van der Waals surface area (Å²) in [6.07, 6.45) is 0.184. The molecule has 1 heterocycles. The molecule has 7 heteroatoms. The van der Waals surface area contributed by atoms with Crippen molar-refractivity contribution in [2.75, 3.05) is 19.6 Å². The Morgan fingerprint density at radius 1 is 1.29 bits per heavy atom. The molecule has 1 rings (SSSR count). The smallest absolute Gasteiger partial charge is 0.404 e. The average Bonchev–Trinajstić information content (AvgIpc) is 2.26. The Labute approximate surface area is 99.2 Å². The lowest BCUT2D eigenvalue weighted by atomic mass is 10.1. The predicted octanol–water partition coefficient (Wildman–Crippen LogP) is -0.619. The SMILES string of the molecule is CC(=O)NCC(=O)N1CCC(NC(=O)O)CC1. The van der Waals surface area contributed by atoms with Gasteiger partial charge in [-0.25, -0.2) is 4.79 Å². The van der Waals surface area contributed by atoms with Crippen LogP contribution in [0.2, 0.25) is 0 Å². The number of carbonyl (C=O) groups is 3. The van der Waals surface area contributed by atoms with Crippen LogP contribution in [-0.4, -0.2) is 53.6 Å². The van der Waals surface area contributed by atoms with E-state index in [4.69, 9.17) is 5.11 Å². The highest BCUT2D eigenvalue weighted by atomic mass is 16.4. The number of nitrogens with one attached hydrogen (secondary N) is 2. The van der Waals surface area contributed by atoms with Crippen LogP contribution in [0.3, 0.4) is 0 Å². The second-order valence-corrected chi connectivity index (χ2v) is 4.01. The maximum absolute atomic E-state index is 11.6. The Kier molecular flexibility index (Phi) is 4.74. The van der Waals surface area contributed by atoms with Crippen LogP contribution < -0.4 is 10.6 Å². The highest BCUT2D eigenvalue weighted by molar-refractivity contribution is 5.83. The molecular formula is C10H17N3O4. The topological polar surface area (TPSA) is 98.7 Å². The van der Waals surface area contributed by atoms with E-state index >= 15 is 0 Å². The summed E-state index contributed by atoms with van der Waals surface area (Å²) in [5.74, 6) is -0.366. The summed E-state index contributed by atoms with van der Waals surface area (Å²) in [6.45, 7) is 2.40. The second kappa shape index (κ2) is 6.07. The van der Waals surface area contributed by atoms with Crippen molar-refractivity contribution in [2.24, 2.45) is 0 Å². The number of nitrogens with zero attached hydrogens (tertiary/aromatic N) is 1. The molecule has 1 aliphatic rings. The fraction of sp³-hybridized carbons (Fsp3) is 0.700. The van der Waals surface area contributed by atoms with E-state index in [1.54, 1.807) is 4.90 Å². The minimum atomic E-state index is -1.03. The largest absolute Gasteiger partial charge is 0.465 e. The molecule has 0 aliphatic carbocycles. The number of piperidine rings is 1. The third kappa shape index (κ3) is 4.71. The van der Waals surface area contributed by atoms with Gasteiger partial charge in [0.25, 0.3) is 0 Å². The molecule has 0 aromatic carbocycles. The zero-order valence-corrected chi connectivity index (χ0v) is 9.73. The van der Waals surface area contributed by atoms with Crippen LogP contribution in [-0.2, 0) is 9.59 Å². The fourth-order valence-corrected chi connectivity index (χ4v) is 1.76. The third-order valence-corrected chi connectivity index (χ3v) is 2.66. The summed E-state index contributed by atoms with van der Waals surface area (Å²) in [7, 11) is 0.